The lowest BCUT2D eigenvalue weighted by atomic mass is 9.95. The molecule has 118 valence electrons. The number of hydrogen-bond donors (Lipinski definition) is 1. The Bertz CT molecular complexity index is 448. The highest BCUT2D eigenvalue weighted by Crippen LogP contribution is 2.41. The zero-order valence-corrected chi connectivity index (χ0v) is 15.3. The predicted molar refractivity (Wildman–Crippen MR) is 92.8 cm³/mol. The summed E-state index contributed by atoms with van der Waals surface area (Å²) in [4.78, 5) is 0. The molecule has 0 bridgehead atoms. The van der Waals surface area contributed by atoms with Gasteiger partial charge in [-0.15, -0.1) is 6.58 Å². The Kier molecular flexibility index (Phi) is 5.97. The Hall–Kier alpha value is -0.903. The maximum Gasteiger partial charge on any atom is 0.193 e. The molecule has 0 saturated carbocycles. The molecular weight excluding hydrogens is 276 g/mol. The highest BCUT2D eigenvalue weighted by Gasteiger charge is 2.41. The third-order valence-electron chi connectivity index (χ3n) is 4.58. The van der Waals surface area contributed by atoms with E-state index in [0.717, 1.165) is 5.56 Å². The van der Waals surface area contributed by atoms with E-state index in [9.17, 15) is 5.11 Å². The van der Waals surface area contributed by atoms with Crippen LogP contribution in [0.15, 0.2) is 43.0 Å². The molecule has 0 heterocycles. The molecule has 2 nitrogen and oxygen atoms in total. The molecule has 0 fully saturated rings. The average Bonchev–Trinajstić information content (AvgIpc) is 2.43. The second-order valence-electron chi connectivity index (χ2n) is 7.29. The van der Waals surface area contributed by atoms with Crippen molar-refractivity contribution in [2.75, 3.05) is 0 Å². The van der Waals surface area contributed by atoms with Crippen LogP contribution >= 0.6 is 0 Å². The molecular formula is C18H30O2Si. The number of hydrogen-bond acceptors (Lipinski definition) is 2. The van der Waals surface area contributed by atoms with Gasteiger partial charge in [-0.3, -0.25) is 0 Å². The lowest BCUT2D eigenvalue weighted by molar-refractivity contribution is 0.00506. The second kappa shape index (κ2) is 6.90. The standard InChI is InChI=1S/C18H30O2Si/c1-8-14(2)16(19)17(15-12-10-9-11-13-15)20-21(6,7)18(3,4)5/h8-14,16-17,19H,1H2,2-7H3/t14-,16-,17-/m1/s1. The fourth-order valence-electron chi connectivity index (χ4n) is 1.89. The zero-order chi connectivity index (χ0) is 16.3. The van der Waals surface area contributed by atoms with Gasteiger partial charge in [-0.25, -0.2) is 0 Å². The fourth-order valence-corrected chi connectivity index (χ4v) is 3.15. The largest absolute Gasteiger partial charge is 0.407 e. The summed E-state index contributed by atoms with van der Waals surface area (Å²) in [6.45, 7) is 16.8. The molecule has 1 aromatic rings. The second-order valence-corrected chi connectivity index (χ2v) is 12.1. The van der Waals surface area contributed by atoms with Crippen LogP contribution in [-0.4, -0.2) is 19.5 Å². The average molecular weight is 307 g/mol. The normalized spacial score (nSPS) is 17.1. The minimum absolute atomic E-state index is 0.0139. The van der Waals surface area contributed by atoms with Crippen LogP contribution in [-0.2, 0) is 4.43 Å². The van der Waals surface area contributed by atoms with Gasteiger partial charge in [-0.05, 0) is 23.7 Å². The van der Waals surface area contributed by atoms with Crippen molar-refractivity contribution in [1.82, 2.24) is 0 Å². The lowest BCUT2D eigenvalue weighted by Crippen LogP contribution is -2.44. The monoisotopic (exact) mass is 306 g/mol. The van der Waals surface area contributed by atoms with Gasteiger partial charge in [0.15, 0.2) is 8.32 Å². The molecule has 0 radical (unpaired) electrons. The molecule has 0 unspecified atom stereocenters. The van der Waals surface area contributed by atoms with Gasteiger partial charge in [0.1, 0.15) is 0 Å². The van der Waals surface area contributed by atoms with Crippen molar-refractivity contribution in [2.45, 2.75) is 58.0 Å². The quantitative estimate of drug-likeness (QED) is 0.596. The van der Waals surface area contributed by atoms with E-state index in [0.29, 0.717) is 0 Å². The van der Waals surface area contributed by atoms with E-state index in [2.05, 4.69) is 40.4 Å². The third-order valence-corrected chi connectivity index (χ3v) is 9.03. The number of aliphatic hydroxyl groups excluding tert-OH is 1. The SMILES string of the molecule is C=C[C@@H](C)[C@@H](O)[C@H](O[Si](C)(C)C(C)(C)C)c1ccccc1. The van der Waals surface area contributed by atoms with Crippen molar-refractivity contribution in [3.05, 3.63) is 48.6 Å². The van der Waals surface area contributed by atoms with Crippen LogP contribution in [0.1, 0.15) is 39.4 Å². The van der Waals surface area contributed by atoms with Crippen LogP contribution < -0.4 is 0 Å². The summed E-state index contributed by atoms with van der Waals surface area (Å²) in [5.41, 5.74) is 1.03. The van der Waals surface area contributed by atoms with Crippen LogP contribution in [0.25, 0.3) is 0 Å². The van der Waals surface area contributed by atoms with Crippen molar-refractivity contribution in [2.24, 2.45) is 5.92 Å². The van der Waals surface area contributed by atoms with Crippen molar-refractivity contribution in [3.8, 4) is 0 Å². The Labute approximate surface area is 131 Å². The van der Waals surface area contributed by atoms with E-state index in [1.54, 1.807) is 6.08 Å². The summed E-state index contributed by atoms with van der Waals surface area (Å²) in [5.74, 6) is -0.0139. The summed E-state index contributed by atoms with van der Waals surface area (Å²) in [5, 5.41) is 10.8. The molecule has 0 aromatic heterocycles. The maximum atomic E-state index is 10.7. The predicted octanol–water partition coefficient (Wildman–Crippen LogP) is 4.93. The minimum atomic E-state index is -1.97. The van der Waals surface area contributed by atoms with Crippen LogP contribution in [0.4, 0.5) is 0 Å². The lowest BCUT2D eigenvalue weighted by Gasteiger charge is -2.41. The molecule has 0 saturated heterocycles. The smallest absolute Gasteiger partial charge is 0.193 e. The molecule has 0 amide bonds. The van der Waals surface area contributed by atoms with Gasteiger partial charge in [0.2, 0.25) is 0 Å². The highest BCUT2D eigenvalue weighted by atomic mass is 28.4. The Morgan fingerprint density at radius 3 is 2.14 bits per heavy atom. The molecule has 0 aliphatic carbocycles. The Balaban J connectivity index is 3.12. The summed E-state index contributed by atoms with van der Waals surface area (Å²) in [6.07, 6.45) is 0.898. The number of rotatable bonds is 6. The highest BCUT2D eigenvalue weighted by molar-refractivity contribution is 6.74. The van der Waals surface area contributed by atoms with E-state index in [1.165, 1.54) is 0 Å². The van der Waals surface area contributed by atoms with Crippen LogP contribution in [0.2, 0.25) is 18.1 Å². The third kappa shape index (κ3) is 4.53. The van der Waals surface area contributed by atoms with Gasteiger partial charge in [0.05, 0.1) is 12.2 Å². The van der Waals surface area contributed by atoms with E-state index in [1.807, 2.05) is 37.3 Å². The first-order chi connectivity index (χ1) is 9.60. The number of benzene rings is 1. The van der Waals surface area contributed by atoms with E-state index in [4.69, 9.17) is 4.43 Å². The Morgan fingerprint density at radius 1 is 1.19 bits per heavy atom. The first-order valence-corrected chi connectivity index (χ1v) is 10.5. The summed E-state index contributed by atoms with van der Waals surface area (Å²) >= 11 is 0. The van der Waals surface area contributed by atoms with Gasteiger partial charge < -0.3 is 9.53 Å². The molecule has 1 aromatic carbocycles. The van der Waals surface area contributed by atoms with Crippen LogP contribution in [0.5, 0.6) is 0 Å². The van der Waals surface area contributed by atoms with Gasteiger partial charge >= 0.3 is 0 Å². The Morgan fingerprint density at radius 2 is 1.71 bits per heavy atom. The van der Waals surface area contributed by atoms with Gasteiger partial charge in [0, 0.05) is 5.92 Å². The van der Waals surface area contributed by atoms with Gasteiger partial charge in [-0.1, -0.05) is 64.1 Å². The molecule has 1 N–H and O–H groups in total. The molecule has 1 rings (SSSR count). The van der Waals surface area contributed by atoms with E-state index < -0.39 is 14.4 Å². The molecule has 0 aliphatic rings. The first-order valence-electron chi connectivity index (χ1n) is 7.63. The fraction of sp³-hybridized carbons (Fsp3) is 0.556. The molecule has 3 heteroatoms. The van der Waals surface area contributed by atoms with Crippen molar-refractivity contribution in [3.63, 3.8) is 0 Å². The zero-order valence-electron chi connectivity index (χ0n) is 14.3. The first kappa shape index (κ1) is 18.1. The summed E-state index contributed by atoms with van der Waals surface area (Å²) in [7, 11) is -1.97. The van der Waals surface area contributed by atoms with Crippen molar-refractivity contribution in [1.29, 1.82) is 0 Å². The van der Waals surface area contributed by atoms with Crippen molar-refractivity contribution >= 4 is 8.32 Å². The van der Waals surface area contributed by atoms with Crippen LogP contribution in [0.3, 0.4) is 0 Å². The molecule has 0 spiro atoms. The van der Waals surface area contributed by atoms with Crippen LogP contribution in [0, 0.1) is 5.92 Å². The summed E-state index contributed by atoms with van der Waals surface area (Å²) < 4.78 is 6.51. The van der Waals surface area contributed by atoms with E-state index >= 15 is 0 Å². The molecule has 3 atom stereocenters. The van der Waals surface area contributed by atoms with Gasteiger partial charge in [0.25, 0.3) is 0 Å². The van der Waals surface area contributed by atoms with Gasteiger partial charge in [-0.2, -0.15) is 0 Å². The van der Waals surface area contributed by atoms with Crippen molar-refractivity contribution < 1.29 is 9.53 Å². The minimum Gasteiger partial charge on any atom is -0.407 e. The molecule has 0 aliphatic heterocycles. The summed E-state index contributed by atoms with van der Waals surface area (Å²) in [6, 6.07) is 10.0. The number of aliphatic hydroxyl groups is 1. The topological polar surface area (TPSA) is 29.5 Å². The molecule has 21 heavy (non-hydrogen) atoms. The maximum absolute atomic E-state index is 10.7. The van der Waals surface area contributed by atoms with E-state index in [-0.39, 0.29) is 17.1 Å².